The van der Waals surface area contributed by atoms with Crippen molar-refractivity contribution in [2.45, 2.75) is 6.43 Å². The fourth-order valence-corrected chi connectivity index (χ4v) is 0.837. The maximum Gasteiger partial charge on any atom is 0.268 e. The van der Waals surface area contributed by atoms with Crippen molar-refractivity contribution in [3.8, 4) is 0 Å². The second-order valence-electron chi connectivity index (χ2n) is 2.12. The Hall–Kier alpha value is -1.52. The third-order valence-corrected chi connectivity index (χ3v) is 1.38. The first-order valence-electron chi connectivity index (χ1n) is 3.14. The highest BCUT2D eigenvalue weighted by molar-refractivity contribution is 5.77. The van der Waals surface area contributed by atoms with Gasteiger partial charge in [0.2, 0.25) is 0 Å². The monoisotopic (exact) mass is 172 g/mol. The van der Waals surface area contributed by atoms with Gasteiger partial charge in [0.15, 0.2) is 6.29 Å². The largest absolute Gasteiger partial charge is 0.398 e. The maximum atomic E-state index is 12.2. The van der Waals surface area contributed by atoms with E-state index >= 15 is 0 Å². The number of nitrogen functional groups attached to an aromatic ring is 1. The highest BCUT2D eigenvalue weighted by atomic mass is 19.3. The van der Waals surface area contributed by atoms with Crippen LogP contribution in [0.15, 0.2) is 12.3 Å². The molecule has 0 saturated carbocycles. The average Bonchev–Trinajstić information content (AvgIpc) is 2.03. The van der Waals surface area contributed by atoms with E-state index in [2.05, 4.69) is 4.98 Å². The molecule has 0 radical (unpaired) electrons. The number of carbonyl (C=O) groups excluding carboxylic acids is 1. The summed E-state index contributed by atoms with van der Waals surface area (Å²) in [6, 6.07) is 1.23. The Balaban J connectivity index is 3.29. The lowest BCUT2D eigenvalue weighted by atomic mass is 10.2. The zero-order valence-electron chi connectivity index (χ0n) is 6.00. The van der Waals surface area contributed by atoms with E-state index in [1.54, 1.807) is 0 Å². The van der Waals surface area contributed by atoms with Crippen LogP contribution in [0.2, 0.25) is 0 Å². The van der Waals surface area contributed by atoms with Gasteiger partial charge in [0.1, 0.15) is 5.69 Å². The Bertz CT molecular complexity index is 301. The third-order valence-electron chi connectivity index (χ3n) is 1.38. The zero-order valence-corrected chi connectivity index (χ0v) is 6.00. The molecule has 12 heavy (non-hydrogen) atoms. The predicted octanol–water partition coefficient (Wildman–Crippen LogP) is 1.41. The molecule has 0 aromatic carbocycles. The van der Waals surface area contributed by atoms with Gasteiger partial charge in [-0.05, 0) is 6.07 Å². The van der Waals surface area contributed by atoms with Gasteiger partial charge < -0.3 is 5.73 Å². The number of nitrogens with zero attached hydrogens (tertiary/aromatic N) is 1. The number of hydrogen-bond donors (Lipinski definition) is 1. The molecule has 5 heteroatoms. The van der Waals surface area contributed by atoms with Crippen LogP contribution in [0.1, 0.15) is 22.5 Å². The molecule has 1 heterocycles. The van der Waals surface area contributed by atoms with Crippen molar-refractivity contribution in [2.75, 3.05) is 5.73 Å². The molecule has 1 rings (SSSR count). The van der Waals surface area contributed by atoms with Crippen LogP contribution in [0.25, 0.3) is 0 Å². The molecule has 0 spiro atoms. The molecular weight excluding hydrogens is 166 g/mol. The van der Waals surface area contributed by atoms with Gasteiger partial charge in [-0.25, -0.2) is 8.78 Å². The minimum Gasteiger partial charge on any atom is -0.398 e. The van der Waals surface area contributed by atoms with E-state index in [1.165, 1.54) is 12.3 Å². The number of nitrogens with two attached hydrogens (primary N) is 1. The first kappa shape index (κ1) is 8.58. The van der Waals surface area contributed by atoms with E-state index in [-0.39, 0.29) is 17.7 Å². The van der Waals surface area contributed by atoms with Crippen LogP contribution >= 0.6 is 0 Å². The van der Waals surface area contributed by atoms with Crippen LogP contribution in [0.5, 0.6) is 0 Å². The van der Waals surface area contributed by atoms with Crippen LogP contribution in [0.3, 0.4) is 0 Å². The maximum absolute atomic E-state index is 12.2. The molecule has 2 N–H and O–H groups in total. The molecule has 0 unspecified atom stereocenters. The molecule has 0 aliphatic heterocycles. The fraction of sp³-hybridized carbons (Fsp3) is 0.143. The number of halogens is 2. The van der Waals surface area contributed by atoms with Gasteiger partial charge in [-0.2, -0.15) is 0 Å². The molecule has 0 saturated heterocycles. The lowest BCUT2D eigenvalue weighted by Gasteiger charge is -2.04. The normalized spacial score (nSPS) is 10.2. The highest BCUT2D eigenvalue weighted by Crippen LogP contribution is 2.25. The van der Waals surface area contributed by atoms with E-state index in [0.29, 0.717) is 0 Å². The number of alkyl halides is 2. The number of hydrogen-bond acceptors (Lipinski definition) is 3. The van der Waals surface area contributed by atoms with E-state index in [9.17, 15) is 13.6 Å². The molecule has 0 bridgehead atoms. The third kappa shape index (κ3) is 1.39. The highest BCUT2D eigenvalue weighted by Gasteiger charge is 2.16. The Morgan fingerprint density at radius 3 is 2.67 bits per heavy atom. The molecule has 1 aromatic heterocycles. The van der Waals surface area contributed by atoms with Crippen molar-refractivity contribution in [3.63, 3.8) is 0 Å². The van der Waals surface area contributed by atoms with Crippen molar-refractivity contribution in [1.29, 1.82) is 0 Å². The molecular formula is C7H6F2N2O. The van der Waals surface area contributed by atoms with Crippen molar-refractivity contribution in [2.24, 2.45) is 0 Å². The first-order chi connectivity index (χ1) is 5.66. The molecule has 0 fully saturated rings. The second kappa shape index (κ2) is 3.25. The molecule has 0 amide bonds. The Kier molecular flexibility index (Phi) is 2.32. The van der Waals surface area contributed by atoms with Gasteiger partial charge in [0.05, 0.1) is 5.56 Å². The summed E-state index contributed by atoms with van der Waals surface area (Å²) in [4.78, 5) is 13.7. The molecule has 0 aliphatic rings. The number of pyridine rings is 1. The summed E-state index contributed by atoms with van der Waals surface area (Å²) in [6.45, 7) is 0. The van der Waals surface area contributed by atoms with Crippen molar-refractivity contribution in [3.05, 3.63) is 23.5 Å². The summed E-state index contributed by atoms with van der Waals surface area (Å²) < 4.78 is 24.4. The number of aromatic nitrogens is 1. The first-order valence-corrected chi connectivity index (χ1v) is 3.14. The SMILES string of the molecule is Nc1ccnc(C=O)c1C(F)F. The van der Waals surface area contributed by atoms with E-state index in [0.717, 1.165) is 0 Å². The molecule has 1 aromatic rings. The number of anilines is 1. The zero-order chi connectivity index (χ0) is 9.14. The van der Waals surface area contributed by atoms with Crippen molar-refractivity contribution >= 4 is 12.0 Å². The number of rotatable bonds is 2. The molecule has 64 valence electrons. The van der Waals surface area contributed by atoms with Crippen LogP contribution in [-0.2, 0) is 0 Å². The Morgan fingerprint density at radius 2 is 2.25 bits per heavy atom. The van der Waals surface area contributed by atoms with Crippen LogP contribution in [-0.4, -0.2) is 11.3 Å². The van der Waals surface area contributed by atoms with Gasteiger partial charge in [0.25, 0.3) is 6.43 Å². The van der Waals surface area contributed by atoms with E-state index < -0.39 is 12.0 Å². The number of aldehydes is 1. The summed E-state index contributed by atoms with van der Waals surface area (Å²) >= 11 is 0. The minimum atomic E-state index is -2.76. The molecule has 0 aliphatic carbocycles. The van der Waals surface area contributed by atoms with Crippen LogP contribution < -0.4 is 5.73 Å². The summed E-state index contributed by atoms with van der Waals surface area (Å²) in [6.07, 6.45) is -1.29. The second-order valence-corrected chi connectivity index (χ2v) is 2.12. The summed E-state index contributed by atoms with van der Waals surface area (Å²) in [7, 11) is 0. The lowest BCUT2D eigenvalue weighted by molar-refractivity contribution is 0.110. The predicted molar refractivity (Wildman–Crippen MR) is 39.0 cm³/mol. The van der Waals surface area contributed by atoms with E-state index in [1.807, 2.05) is 0 Å². The topological polar surface area (TPSA) is 56.0 Å². The van der Waals surface area contributed by atoms with Crippen LogP contribution in [0.4, 0.5) is 14.5 Å². The number of carbonyl (C=O) groups is 1. The molecule has 0 atom stereocenters. The summed E-state index contributed by atoms with van der Waals surface area (Å²) in [5.74, 6) is 0. The smallest absolute Gasteiger partial charge is 0.268 e. The van der Waals surface area contributed by atoms with Gasteiger partial charge in [0, 0.05) is 11.9 Å². The quantitative estimate of drug-likeness (QED) is 0.686. The van der Waals surface area contributed by atoms with E-state index in [4.69, 9.17) is 5.73 Å². The minimum absolute atomic E-state index is 0.109. The summed E-state index contributed by atoms with van der Waals surface area (Å²) in [5, 5.41) is 0. The Morgan fingerprint density at radius 1 is 1.58 bits per heavy atom. The van der Waals surface area contributed by atoms with Gasteiger partial charge in [-0.3, -0.25) is 9.78 Å². The summed E-state index contributed by atoms with van der Waals surface area (Å²) in [5.41, 5.74) is 4.32. The average molecular weight is 172 g/mol. The van der Waals surface area contributed by atoms with Gasteiger partial charge in [-0.1, -0.05) is 0 Å². The van der Waals surface area contributed by atoms with Crippen LogP contribution in [0, 0.1) is 0 Å². The van der Waals surface area contributed by atoms with Gasteiger partial charge in [-0.15, -0.1) is 0 Å². The lowest BCUT2D eigenvalue weighted by Crippen LogP contribution is -2.01. The molecule has 3 nitrogen and oxygen atoms in total. The van der Waals surface area contributed by atoms with Gasteiger partial charge >= 0.3 is 0 Å². The van der Waals surface area contributed by atoms with Crippen molar-refractivity contribution < 1.29 is 13.6 Å². The Labute approximate surface area is 67.2 Å². The standard InChI is InChI=1S/C7H6F2N2O/c8-7(9)6-4(10)1-2-11-5(6)3-12/h1-3,7H,(H2,10,11). The fourth-order valence-electron chi connectivity index (χ4n) is 0.837. The van der Waals surface area contributed by atoms with Crippen molar-refractivity contribution in [1.82, 2.24) is 4.98 Å².